The number of nitrogens with zero attached hydrogens (tertiary/aromatic N) is 2. The number of benzene rings is 2. The summed E-state index contributed by atoms with van der Waals surface area (Å²) in [5, 5.41) is 11.2. The van der Waals surface area contributed by atoms with Gasteiger partial charge in [-0.2, -0.15) is 0 Å². The lowest BCUT2D eigenvalue weighted by Gasteiger charge is -2.05. The van der Waals surface area contributed by atoms with E-state index in [0.717, 1.165) is 16.3 Å². The Morgan fingerprint density at radius 3 is 2.44 bits per heavy atom. The van der Waals surface area contributed by atoms with Gasteiger partial charge in [-0.1, -0.05) is 53.4 Å². The number of aromatic nitrogens is 2. The van der Waals surface area contributed by atoms with Crippen molar-refractivity contribution >= 4 is 49.8 Å². The van der Waals surface area contributed by atoms with Crippen molar-refractivity contribution in [2.24, 2.45) is 0 Å². The normalized spacial score (nSPS) is 11.1. The fourth-order valence-electron chi connectivity index (χ4n) is 2.11. The first-order chi connectivity index (χ1) is 12.9. The quantitative estimate of drug-likeness (QED) is 0.448. The smallest absolute Gasteiger partial charge is 0.257 e. The van der Waals surface area contributed by atoms with Gasteiger partial charge in [-0.25, -0.2) is 8.42 Å². The van der Waals surface area contributed by atoms with E-state index in [1.165, 1.54) is 41.2 Å². The minimum Gasteiger partial charge on any atom is -0.296 e. The SMILES string of the molecule is CS(=O)(=O)Nc1ccc(C(=O)Nc2nnc(SCc3ccccc3)s2)cc1. The summed E-state index contributed by atoms with van der Waals surface area (Å²) in [6.45, 7) is 0. The maximum absolute atomic E-state index is 12.3. The van der Waals surface area contributed by atoms with Crippen LogP contribution in [-0.2, 0) is 15.8 Å². The first-order valence-electron chi connectivity index (χ1n) is 7.78. The van der Waals surface area contributed by atoms with Gasteiger partial charge in [0.25, 0.3) is 5.91 Å². The lowest BCUT2D eigenvalue weighted by molar-refractivity contribution is 0.102. The summed E-state index contributed by atoms with van der Waals surface area (Å²) in [6.07, 6.45) is 1.07. The van der Waals surface area contributed by atoms with Crippen LogP contribution in [0.25, 0.3) is 0 Å². The molecule has 0 saturated heterocycles. The third-order valence-corrected chi connectivity index (χ3v) is 5.93. The summed E-state index contributed by atoms with van der Waals surface area (Å²) >= 11 is 2.86. The average molecular weight is 421 g/mol. The van der Waals surface area contributed by atoms with E-state index in [1.54, 1.807) is 11.8 Å². The Bertz CT molecular complexity index is 1020. The highest BCUT2D eigenvalue weighted by molar-refractivity contribution is 8.00. The molecule has 27 heavy (non-hydrogen) atoms. The molecule has 3 aromatic rings. The fourth-order valence-corrected chi connectivity index (χ4v) is 4.38. The largest absolute Gasteiger partial charge is 0.296 e. The van der Waals surface area contributed by atoms with E-state index in [0.29, 0.717) is 16.4 Å². The summed E-state index contributed by atoms with van der Waals surface area (Å²) in [6, 6.07) is 16.1. The van der Waals surface area contributed by atoms with Gasteiger partial charge in [-0.15, -0.1) is 10.2 Å². The summed E-state index contributed by atoms with van der Waals surface area (Å²) in [5.41, 5.74) is 1.97. The molecule has 0 unspecified atom stereocenters. The van der Waals surface area contributed by atoms with E-state index in [4.69, 9.17) is 0 Å². The van der Waals surface area contributed by atoms with Crippen LogP contribution in [0.1, 0.15) is 15.9 Å². The van der Waals surface area contributed by atoms with Gasteiger partial charge >= 0.3 is 0 Å². The standard InChI is InChI=1S/C17H16N4O3S3/c1-27(23,24)21-14-9-7-13(8-10-14)15(22)18-16-19-20-17(26-16)25-11-12-5-3-2-4-6-12/h2-10,21H,11H2,1H3,(H,18,19,22). The Kier molecular flexibility index (Phi) is 6.09. The average Bonchev–Trinajstić information content (AvgIpc) is 3.07. The Morgan fingerprint density at radius 2 is 1.78 bits per heavy atom. The van der Waals surface area contributed by atoms with Crippen molar-refractivity contribution in [1.82, 2.24) is 10.2 Å². The predicted molar refractivity (Wildman–Crippen MR) is 109 cm³/mol. The minimum absolute atomic E-state index is 0.336. The van der Waals surface area contributed by atoms with Crippen LogP contribution in [0.5, 0.6) is 0 Å². The number of carbonyl (C=O) groups is 1. The Hall–Kier alpha value is -2.43. The molecular formula is C17H16N4O3S3. The number of carbonyl (C=O) groups excluding carboxylic acids is 1. The lowest BCUT2D eigenvalue weighted by Crippen LogP contribution is -2.12. The van der Waals surface area contributed by atoms with Crippen LogP contribution >= 0.6 is 23.1 Å². The number of hydrogen-bond acceptors (Lipinski definition) is 7. The van der Waals surface area contributed by atoms with Gasteiger partial charge in [-0.05, 0) is 29.8 Å². The van der Waals surface area contributed by atoms with Crippen LogP contribution in [0.15, 0.2) is 58.9 Å². The van der Waals surface area contributed by atoms with Gasteiger partial charge in [0.1, 0.15) is 0 Å². The molecule has 140 valence electrons. The van der Waals surface area contributed by atoms with Crippen LogP contribution in [0.3, 0.4) is 0 Å². The van der Waals surface area contributed by atoms with Crippen LogP contribution < -0.4 is 10.0 Å². The second kappa shape index (κ2) is 8.51. The van der Waals surface area contributed by atoms with Crippen LogP contribution in [0, 0.1) is 0 Å². The Balaban J connectivity index is 1.57. The van der Waals surface area contributed by atoms with Crippen LogP contribution in [-0.4, -0.2) is 30.8 Å². The molecule has 0 aliphatic rings. The molecule has 7 nitrogen and oxygen atoms in total. The molecule has 3 rings (SSSR count). The molecule has 2 aromatic carbocycles. The van der Waals surface area contributed by atoms with E-state index in [-0.39, 0.29) is 5.91 Å². The van der Waals surface area contributed by atoms with E-state index in [2.05, 4.69) is 20.2 Å². The molecule has 2 N–H and O–H groups in total. The lowest BCUT2D eigenvalue weighted by atomic mass is 10.2. The van der Waals surface area contributed by atoms with Crippen molar-refractivity contribution in [3.05, 3.63) is 65.7 Å². The second-order valence-electron chi connectivity index (χ2n) is 5.55. The Labute approximate surface area is 165 Å². The molecule has 0 radical (unpaired) electrons. The Morgan fingerprint density at radius 1 is 1.07 bits per heavy atom. The van der Waals surface area contributed by atoms with Crippen molar-refractivity contribution in [1.29, 1.82) is 0 Å². The van der Waals surface area contributed by atoms with E-state index in [1.807, 2.05) is 30.3 Å². The molecule has 0 spiro atoms. The van der Waals surface area contributed by atoms with Crippen molar-refractivity contribution in [2.75, 3.05) is 16.3 Å². The molecule has 0 fully saturated rings. The van der Waals surface area contributed by atoms with Crippen molar-refractivity contribution in [3.63, 3.8) is 0 Å². The number of anilines is 2. The third-order valence-electron chi connectivity index (χ3n) is 3.28. The second-order valence-corrected chi connectivity index (χ2v) is 9.50. The number of amides is 1. The summed E-state index contributed by atoms with van der Waals surface area (Å²) in [5.74, 6) is 0.440. The maximum Gasteiger partial charge on any atom is 0.257 e. The van der Waals surface area contributed by atoms with Crippen LogP contribution in [0.2, 0.25) is 0 Å². The zero-order chi connectivity index (χ0) is 19.3. The highest BCUT2D eigenvalue weighted by atomic mass is 32.2. The zero-order valence-corrected chi connectivity index (χ0v) is 16.7. The first kappa shape index (κ1) is 19.3. The molecule has 1 amide bonds. The van der Waals surface area contributed by atoms with E-state index in [9.17, 15) is 13.2 Å². The minimum atomic E-state index is -3.35. The zero-order valence-electron chi connectivity index (χ0n) is 14.2. The fraction of sp³-hybridized carbons (Fsp3) is 0.118. The maximum atomic E-state index is 12.3. The van der Waals surface area contributed by atoms with Gasteiger partial charge in [0.05, 0.1) is 6.26 Å². The predicted octanol–water partition coefficient (Wildman–Crippen LogP) is 3.45. The number of hydrogen-bond donors (Lipinski definition) is 2. The molecule has 0 atom stereocenters. The number of rotatable bonds is 7. The number of thioether (sulfide) groups is 1. The molecule has 1 heterocycles. The number of nitrogens with one attached hydrogen (secondary N) is 2. The first-order valence-corrected chi connectivity index (χ1v) is 11.5. The molecular weight excluding hydrogens is 404 g/mol. The van der Waals surface area contributed by atoms with Crippen LogP contribution in [0.4, 0.5) is 10.8 Å². The molecule has 0 aliphatic carbocycles. The monoisotopic (exact) mass is 420 g/mol. The molecule has 10 heteroatoms. The topological polar surface area (TPSA) is 101 Å². The van der Waals surface area contributed by atoms with Crippen molar-refractivity contribution in [3.8, 4) is 0 Å². The molecule has 0 bridgehead atoms. The van der Waals surface area contributed by atoms with Gasteiger partial charge in [0.15, 0.2) is 4.34 Å². The van der Waals surface area contributed by atoms with E-state index < -0.39 is 10.0 Å². The molecule has 1 aromatic heterocycles. The molecule has 0 saturated carbocycles. The van der Waals surface area contributed by atoms with Gasteiger partial charge in [0.2, 0.25) is 15.2 Å². The highest BCUT2D eigenvalue weighted by Gasteiger charge is 2.11. The third kappa shape index (κ3) is 6.05. The number of sulfonamides is 1. The summed E-state index contributed by atoms with van der Waals surface area (Å²) in [7, 11) is -3.35. The van der Waals surface area contributed by atoms with Gasteiger partial charge < -0.3 is 0 Å². The molecule has 0 aliphatic heterocycles. The van der Waals surface area contributed by atoms with Crippen molar-refractivity contribution < 1.29 is 13.2 Å². The summed E-state index contributed by atoms with van der Waals surface area (Å²) in [4.78, 5) is 12.3. The van der Waals surface area contributed by atoms with E-state index >= 15 is 0 Å². The highest BCUT2D eigenvalue weighted by Crippen LogP contribution is 2.28. The summed E-state index contributed by atoms with van der Waals surface area (Å²) < 4.78 is 25.5. The van der Waals surface area contributed by atoms with Crippen molar-refractivity contribution in [2.45, 2.75) is 10.1 Å². The van der Waals surface area contributed by atoms with Gasteiger partial charge in [0, 0.05) is 17.0 Å². The van der Waals surface area contributed by atoms with Gasteiger partial charge in [-0.3, -0.25) is 14.8 Å².